The maximum atomic E-state index is 17.7. The number of aliphatic hydroxyl groups excluding tert-OH is 2. The molecular weight excluding hydrogens is 536 g/mol. The van der Waals surface area contributed by atoms with Gasteiger partial charge >= 0.3 is 0 Å². The lowest BCUT2D eigenvalue weighted by Gasteiger charge is -2.67. The van der Waals surface area contributed by atoms with Crippen molar-refractivity contribution in [1.29, 1.82) is 0 Å². The van der Waals surface area contributed by atoms with Crippen molar-refractivity contribution in [2.24, 2.45) is 28.1 Å². The Morgan fingerprint density at radius 2 is 1.93 bits per heavy atom. The van der Waals surface area contributed by atoms with Gasteiger partial charge in [0.15, 0.2) is 22.8 Å². The van der Waals surface area contributed by atoms with Gasteiger partial charge in [0.05, 0.1) is 6.10 Å². The lowest BCUT2D eigenvalue weighted by molar-refractivity contribution is -0.286. The first-order valence-corrected chi connectivity index (χ1v) is 15.1. The smallest absolute Gasteiger partial charge is 0.192 e. The van der Waals surface area contributed by atoms with Gasteiger partial charge < -0.3 is 10.2 Å². The van der Waals surface area contributed by atoms with Gasteiger partial charge in [-0.3, -0.25) is 14.4 Å². The van der Waals surface area contributed by atoms with Crippen LogP contribution in [-0.2, 0) is 14.4 Å². The summed E-state index contributed by atoms with van der Waals surface area (Å²) in [4.78, 5) is 33.5. The summed E-state index contributed by atoms with van der Waals surface area (Å²) in [6.07, 6.45) is 0.871. The Kier molecular flexibility index (Phi) is 6.56. The molecular formula is C31H37F2NO5S. The number of hydrogen-bond donors (Lipinski definition) is 2. The number of halogens is 2. The number of ketones is 2. The molecule has 6 rings (SSSR count). The molecule has 3 saturated carbocycles. The Bertz CT molecular complexity index is 1290. The summed E-state index contributed by atoms with van der Waals surface area (Å²) in [6, 6.07) is 9.97. The number of rotatable bonds is 6. The number of carbonyl (C=O) groups excluding carboxylic acids is 2. The number of carbonyl (C=O) groups is 2. The van der Waals surface area contributed by atoms with Crippen LogP contribution >= 0.6 is 11.8 Å². The highest BCUT2D eigenvalue weighted by Gasteiger charge is 2.83. The fourth-order valence-electron chi connectivity index (χ4n) is 9.31. The van der Waals surface area contributed by atoms with Crippen molar-refractivity contribution in [3.05, 3.63) is 54.1 Å². The van der Waals surface area contributed by atoms with Gasteiger partial charge in [0.25, 0.3) is 0 Å². The Morgan fingerprint density at radius 1 is 1.20 bits per heavy atom. The third-order valence-electron chi connectivity index (χ3n) is 11.4. The van der Waals surface area contributed by atoms with Gasteiger partial charge in [-0.1, -0.05) is 38.1 Å². The quantitative estimate of drug-likeness (QED) is 0.492. The minimum Gasteiger partial charge on any atom is -0.390 e. The zero-order chi connectivity index (χ0) is 28.7. The van der Waals surface area contributed by atoms with Gasteiger partial charge in [0.1, 0.15) is 12.8 Å². The zero-order valence-electron chi connectivity index (χ0n) is 23.1. The number of nitrogens with zero attached hydrogens (tertiary/aromatic N) is 1. The van der Waals surface area contributed by atoms with Crippen LogP contribution in [0.1, 0.15) is 40.0 Å². The Labute approximate surface area is 237 Å². The second-order valence-electron chi connectivity index (χ2n) is 12.9. The van der Waals surface area contributed by atoms with Crippen LogP contribution < -0.4 is 0 Å². The third-order valence-corrected chi connectivity index (χ3v) is 12.3. The van der Waals surface area contributed by atoms with Gasteiger partial charge in [-0.05, 0) is 61.5 Å². The topological polar surface area (TPSA) is 87.1 Å². The molecule has 0 unspecified atom stereocenters. The molecule has 216 valence electrons. The Morgan fingerprint density at radius 3 is 2.62 bits per heavy atom. The largest absolute Gasteiger partial charge is 0.390 e. The van der Waals surface area contributed by atoms with Crippen LogP contribution in [0.15, 0.2) is 59.0 Å². The molecule has 1 aromatic carbocycles. The van der Waals surface area contributed by atoms with E-state index >= 15 is 8.78 Å². The van der Waals surface area contributed by atoms with Crippen LogP contribution in [0, 0.1) is 28.1 Å². The van der Waals surface area contributed by atoms with E-state index in [1.807, 2.05) is 44.2 Å². The van der Waals surface area contributed by atoms with Gasteiger partial charge in [0.2, 0.25) is 0 Å². The highest BCUT2D eigenvalue weighted by atomic mass is 32.2. The van der Waals surface area contributed by atoms with Crippen molar-refractivity contribution >= 4 is 23.3 Å². The number of allylic oxidation sites excluding steroid dienone is 4. The second kappa shape index (κ2) is 9.30. The lowest BCUT2D eigenvalue weighted by atomic mass is 9.39. The molecule has 0 amide bonds. The normalized spacial score (nSPS) is 45.9. The number of Topliss-reactive ketones (excluding diaryl/α,β-unsaturated/α-hetero) is 1. The maximum absolute atomic E-state index is 17.7. The van der Waals surface area contributed by atoms with Crippen molar-refractivity contribution in [3.8, 4) is 0 Å². The molecule has 0 spiro atoms. The van der Waals surface area contributed by atoms with E-state index in [9.17, 15) is 19.8 Å². The molecule has 1 aliphatic heterocycles. The Balaban J connectivity index is 1.35. The van der Waals surface area contributed by atoms with Crippen molar-refractivity contribution in [2.75, 3.05) is 25.4 Å². The Hall–Kier alpha value is -1.91. The first kappa shape index (κ1) is 28.2. The van der Waals surface area contributed by atoms with Crippen molar-refractivity contribution < 1.29 is 33.4 Å². The number of fused-ring (bicyclic) bond motifs is 7. The zero-order valence-corrected chi connectivity index (χ0v) is 23.9. The van der Waals surface area contributed by atoms with E-state index in [1.54, 1.807) is 23.7 Å². The van der Waals surface area contributed by atoms with E-state index in [1.165, 1.54) is 18.2 Å². The minimum atomic E-state index is -2.25. The molecule has 1 aromatic rings. The van der Waals surface area contributed by atoms with Gasteiger partial charge in [0, 0.05) is 46.4 Å². The molecule has 0 bridgehead atoms. The van der Waals surface area contributed by atoms with Gasteiger partial charge in [-0.25, -0.2) is 8.78 Å². The fraction of sp³-hybridized carbons (Fsp3) is 0.613. The number of thioether (sulfide) groups is 1. The van der Waals surface area contributed by atoms with Crippen LogP contribution in [0.3, 0.4) is 0 Å². The summed E-state index contributed by atoms with van der Waals surface area (Å²) in [7, 11) is 0. The molecule has 40 heavy (non-hydrogen) atoms. The predicted octanol–water partition coefficient (Wildman–Crippen LogP) is 4.26. The summed E-state index contributed by atoms with van der Waals surface area (Å²) < 4.78 is 33.5. The molecule has 5 aliphatic rings. The molecule has 0 radical (unpaired) electrons. The van der Waals surface area contributed by atoms with Crippen LogP contribution in [-0.4, -0.2) is 75.8 Å². The molecule has 1 heterocycles. The molecule has 4 aliphatic carbocycles. The SMILES string of the molecule is C[C@]12C[C@H](O)[C@@]3(F)[C@@H](C[C@H](F)C4=CC(=O)C=C[C@@]43C)[C@]1(C)C[C@H]1CN(CCSc3ccccc3)O[C@]12C(=O)CO. The average Bonchev–Trinajstić information content (AvgIpc) is 3.37. The van der Waals surface area contributed by atoms with E-state index in [-0.39, 0.29) is 30.1 Å². The van der Waals surface area contributed by atoms with Gasteiger partial charge in [-0.15, -0.1) is 11.8 Å². The summed E-state index contributed by atoms with van der Waals surface area (Å²) in [6.45, 7) is 5.56. The molecule has 2 N–H and O–H groups in total. The lowest BCUT2D eigenvalue weighted by Crippen LogP contribution is -2.73. The van der Waals surface area contributed by atoms with Crippen LogP contribution in [0.5, 0.6) is 0 Å². The van der Waals surface area contributed by atoms with Gasteiger partial charge in [-0.2, -0.15) is 5.06 Å². The van der Waals surface area contributed by atoms with Crippen LogP contribution in [0.25, 0.3) is 0 Å². The third kappa shape index (κ3) is 3.41. The van der Waals surface area contributed by atoms with E-state index in [0.717, 1.165) is 10.6 Å². The van der Waals surface area contributed by atoms with Crippen molar-refractivity contribution in [3.63, 3.8) is 0 Å². The predicted molar refractivity (Wildman–Crippen MR) is 147 cm³/mol. The van der Waals surface area contributed by atoms with Crippen molar-refractivity contribution in [2.45, 2.75) is 68.5 Å². The van der Waals surface area contributed by atoms with Crippen LogP contribution in [0.2, 0.25) is 0 Å². The summed E-state index contributed by atoms with van der Waals surface area (Å²) in [5.74, 6) is -1.45. The molecule has 0 aromatic heterocycles. The summed E-state index contributed by atoms with van der Waals surface area (Å²) >= 11 is 1.67. The number of hydrogen-bond acceptors (Lipinski definition) is 7. The number of aliphatic hydroxyl groups is 2. The van der Waals surface area contributed by atoms with E-state index in [4.69, 9.17) is 4.84 Å². The minimum absolute atomic E-state index is 0.0719. The number of hydroxylamine groups is 2. The monoisotopic (exact) mass is 573 g/mol. The standard InChI is InChI=1S/C31H37F2NO5S/c1-27-10-9-20(36)13-22(27)23(32)14-24-28(2)15-19-17-34(11-12-40-21-7-5-4-6-8-21)39-31(19,26(38)18-35)29(28,3)16-25(37)30(24,27)33/h4-10,13,19,23-25,35,37H,11-12,14-18H2,1-3H3/t19-,23-,24-,25-,27-,28-,29-,30-,31-/m0/s1. The number of alkyl halides is 2. The molecule has 1 saturated heterocycles. The highest BCUT2D eigenvalue weighted by molar-refractivity contribution is 7.99. The second-order valence-corrected chi connectivity index (χ2v) is 14.1. The van der Waals surface area contributed by atoms with Crippen molar-refractivity contribution in [1.82, 2.24) is 5.06 Å². The van der Waals surface area contributed by atoms with Crippen LogP contribution in [0.4, 0.5) is 8.78 Å². The fourth-order valence-corrected chi connectivity index (χ4v) is 10.2. The number of benzene rings is 1. The van der Waals surface area contributed by atoms with E-state index < -0.39 is 58.1 Å². The average molecular weight is 574 g/mol. The highest BCUT2D eigenvalue weighted by Crippen LogP contribution is 2.77. The maximum Gasteiger partial charge on any atom is 0.192 e. The first-order chi connectivity index (χ1) is 18.9. The summed E-state index contributed by atoms with van der Waals surface area (Å²) in [5.41, 5.74) is -7.13. The molecule has 9 heteroatoms. The molecule has 4 fully saturated rings. The van der Waals surface area contributed by atoms with E-state index in [0.29, 0.717) is 19.5 Å². The van der Waals surface area contributed by atoms with E-state index in [2.05, 4.69) is 0 Å². The summed E-state index contributed by atoms with van der Waals surface area (Å²) in [5, 5.41) is 23.6. The first-order valence-electron chi connectivity index (χ1n) is 14.1. The molecule has 6 nitrogen and oxygen atoms in total. The molecule has 9 atom stereocenters.